The van der Waals surface area contributed by atoms with E-state index in [2.05, 4.69) is 15.9 Å². The van der Waals surface area contributed by atoms with Crippen LogP contribution in [0.1, 0.15) is 13.3 Å². The van der Waals surface area contributed by atoms with E-state index in [1.807, 2.05) is 6.92 Å². The summed E-state index contributed by atoms with van der Waals surface area (Å²) in [4.78, 5) is 0.329. The van der Waals surface area contributed by atoms with Crippen molar-refractivity contribution in [1.29, 1.82) is 0 Å². The molecule has 2 unspecified atom stereocenters. The van der Waals surface area contributed by atoms with Crippen molar-refractivity contribution in [2.24, 2.45) is 5.92 Å². The second-order valence-corrected chi connectivity index (χ2v) is 7.67. The summed E-state index contributed by atoms with van der Waals surface area (Å²) in [5.41, 5.74) is 0. The second kappa shape index (κ2) is 5.49. The molecule has 0 bridgehead atoms. The van der Waals surface area contributed by atoms with Crippen LogP contribution in [-0.2, 0) is 10.0 Å². The van der Waals surface area contributed by atoms with Crippen LogP contribution >= 0.6 is 27.5 Å². The van der Waals surface area contributed by atoms with Gasteiger partial charge >= 0.3 is 0 Å². The summed E-state index contributed by atoms with van der Waals surface area (Å²) in [6, 6.07) is 6.62. The molecule has 0 radical (unpaired) electrons. The lowest BCUT2D eigenvalue weighted by atomic mass is 10.1. The van der Waals surface area contributed by atoms with Gasteiger partial charge in [-0.15, -0.1) is 11.6 Å². The molecule has 0 N–H and O–H groups in total. The molecule has 1 fully saturated rings. The maximum atomic E-state index is 12.5. The molecule has 2 atom stereocenters. The average molecular weight is 353 g/mol. The van der Waals surface area contributed by atoms with Gasteiger partial charge < -0.3 is 0 Å². The maximum absolute atomic E-state index is 12.5. The maximum Gasteiger partial charge on any atom is 0.243 e. The third-order valence-electron chi connectivity index (χ3n) is 3.41. The molecule has 3 nitrogen and oxygen atoms in total. The van der Waals surface area contributed by atoms with E-state index in [9.17, 15) is 8.42 Å². The zero-order valence-electron chi connectivity index (χ0n) is 10.0. The first-order valence-electron chi connectivity index (χ1n) is 5.80. The van der Waals surface area contributed by atoms with Gasteiger partial charge in [0.1, 0.15) is 0 Å². The third kappa shape index (κ3) is 2.59. The van der Waals surface area contributed by atoms with E-state index in [0.717, 1.165) is 10.9 Å². The average Bonchev–Trinajstić information content (AvgIpc) is 2.71. The number of hydrogen-bond acceptors (Lipinski definition) is 2. The normalized spacial score (nSPS) is 25.5. The molecule has 0 saturated carbocycles. The van der Waals surface area contributed by atoms with Crippen molar-refractivity contribution in [2.75, 3.05) is 12.4 Å². The molecule has 1 aliphatic heterocycles. The molecule has 1 aromatic rings. The molecule has 6 heteroatoms. The Bertz CT molecular complexity index is 517. The summed E-state index contributed by atoms with van der Waals surface area (Å²) in [5, 5.41) is 0. The Hall–Kier alpha value is -0.100. The predicted octanol–water partition coefficient (Wildman–Crippen LogP) is 3.09. The number of halogens is 2. The van der Waals surface area contributed by atoms with Crippen molar-refractivity contribution < 1.29 is 8.42 Å². The Labute approximate surface area is 121 Å². The number of hydrogen-bond donors (Lipinski definition) is 0. The molecule has 2 rings (SSSR count). The van der Waals surface area contributed by atoms with Crippen molar-refractivity contribution >= 4 is 37.6 Å². The summed E-state index contributed by atoms with van der Waals surface area (Å²) in [6.07, 6.45) is 0.868. The predicted molar refractivity (Wildman–Crippen MR) is 76.3 cm³/mol. The fraction of sp³-hybridized carbons (Fsp3) is 0.500. The fourth-order valence-corrected chi connectivity index (χ4v) is 4.79. The zero-order chi connectivity index (χ0) is 13.3. The van der Waals surface area contributed by atoms with Crippen molar-refractivity contribution in [3.8, 4) is 0 Å². The number of sulfonamides is 1. The standard InChI is InChI=1S/C12H15BrClNO2S/c1-9-6-7-15(12(9)8-14)18(16,17)11-4-2-10(13)3-5-11/h2-5,9,12H,6-8H2,1H3. The van der Waals surface area contributed by atoms with Crippen molar-refractivity contribution in [2.45, 2.75) is 24.3 Å². The Morgan fingerprint density at radius 3 is 2.56 bits per heavy atom. The number of alkyl halides is 1. The van der Waals surface area contributed by atoms with Gasteiger partial charge in [0.2, 0.25) is 10.0 Å². The third-order valence-corrected chi connectivity index (χ3v) is 6.19. The summed E-state index contributed by atoms with van der Waals surface area (Å²) >= 11 is 9.20. The highest BCUT2D eigenvalue weighted by atomic mass is 79.9. The molecule has 0 spiro atoms. The Kier molecular flexibility index (Phi) is 4.36. The van der Waals surface area contributed by atoms with Gasteiger partial charge in [0.25, 0.3) is 0 Å². The highest BCUT2D eigenvalue weighted by Crippen LogP contribution is 2.31. The Morgan fingerprint density at radius 1 is 1.39 bits per heavy atom. The van der Waals surface area contributed by atoms with E-state index < -0.39 is 10.0 Å². The van der Waals surface area contributed by atoms with Crippen LogP contribution in [0.4, 0.5) is 0 Å². The van der Waals surface area contributed by atoms with E-state index in [1.54, 1.807) is 24.3 Å². The van der Waals surface area contributed by atoms with E-state index in [0.29, 0.717) is 23.2 Å². The van der Waals surface area contributed by atoms with Crippen molar-refractivity contribution in [1.82, 2.24) is 4.31 Å². The monoisotopic (exact) mass is 351 g/mol. The molecule has 0 aromatic heterocycles. The topological polar surface area (TPSA) is 37.4 Å². The zero-order valence-corrected chi connectivity index (χ0v) is 13.2. The number of rotatable bonds is 3. The van der Waals surface area contributed by atoms with Crippen LogP contribution in [0.5, 0.6) is 0 Å². The van der Waals surface area contributed by atoms with Gasteiger partial charge in [-0.2, -0.15) is 4.31 Å². The highest BCUT2D eigenvalue weighted by Gasteiger charge is 2.38. The van der Waals surface area contributed by atoms with Gasteiger partial charge in [0.05, 0.1) is 4.90 Å². The molecule has 100 valence electrons. The van der Waals surface area contributed by atoms with E-state index >= 15 is 0 Å². The van der Waals surface area contributed by atoms with Crippen LogP contribution < -0.4 is 0 Å². The molecule has 0 aliphatic carbocycles. The largest absolute Gasteiger partial charge is 0.243 e. The van der Waals surface area contributed by atoms with Crippen LogP contribution in [0.3, 0.4) is 0 Å². The first-order valence-corrected chi connectivity index (χ1v) is 8.57. The minimum atomic E-state index is -3.42. The van der Waals surface area contributed by atoms with Crippen LogP contribution in [0.25, 0.3) is 0 Å². The summed E-state index contributed by atoms with van der Waals surface area (Å²) in [7, 11) is -3.42. The molecule has 1 saturated heterocycles. The Balaban J connectivity index is 2.34. The van der Waals surface area contributed by atoms with Crippen molar-refractivity contribution in [3.63, 3.8) is 0 Å². The molecule has 1 aromatic carbocycles. The summed E-state index contributed by atoms with van der Waals surface area (Å²) in [5.74, 6) is 0.657. The van der Waals surface area contributed by atoms with Gasteiger partial charge in [-0.1, -0.05) is 22.9 Å². The highest BCUT2D eigenvalue weighted by molar-refractivity contribution is 9.10. The first-order chi connectivity index (χ1) is 8.46. The smallest absolute Gasteiger partial charge is 0.207 e. The van der Waals surface area contributed by atoms with Gasteiger partial charge in [-0.3, -0.25) is 0 Å². The summed E-state index contributed by atoms with van der Waals surface area (Å²) in [6.45, 7) is 2.60. The van der Waals surface area contributed by atoms with E-state index in [1.165, 1.54) is 4.31 Å². The quantitative estimate of drug-likeness (QED) is 0.784. The van der Waals surface area contributed by atoms with Crippen LogP contribution in [-0.4, -0.2) is 31.2 Å². The molecule has 0 amide bonds. The van der Waals surface area contributed by atoms with Crippen molar-refractivity contribution in [3.05, 3.63) is 28.7 Å². The lowest BCUT2D eigenvalue weighted by molar-refractivity contribution is 0.375. The van der Waals surface area contributed by atoms with Gasteiger partial charge in [0.15, 0.2) is 0 Å². The molecule has 1 aliphatic rings. The molecular weight excluding hydrogens is 338 g/mol. The first kappa shape index (κ1) is 14.3. The minimum Gasteiger partial charge on any atom is -0.207 e. The van der Waals surface area contributed by atoms with E-state index in [-0.39, 0.29) is 6.04 Å². The molecule has 1 heterocycles. The SMILES string of the molecule is CC1CCN(S(=O)(=O)c2ccc(Br)cc2)C1CCl. The fourth-order valence-electron chi connectivity index (χ4n) is 2.24. The number of nitrogens with zero attached hydrogens (tertiary/aromatic N) is 1. The number of benzene rings is 1. The minimum absolute atomic E-state index is 0.0969. The van der Waals surface area contributed by atoms with Gasteiger partial charge in [0, 0.05) is 22.9 Å². The molecular formula is C12H15BrClNO2S. The molecule has 18 heavy (non-hydrogen) atoms. The van der Waals surface area contributed by atoms with Gasteiger partial charge in [-0.25, -0.2) is 8.42 Å². The lowest BCUT2D eigenvalue weighted by Crippen LogP contribution is -2.38. The second-order valence-electron chi connectivity index (χ2n) is 4.56. The van der Waals surface area contributed by atoms with Crippen LogP contribution in [0, 0.1) is 5.92 Å². The lowest BCUT2D eigenvalue weighted by Gasteiger charge is -2.24. The van der Waals surface area contributed by atoms with Crippen LogP contribution in [0.2, 0.25) is 0 Å². The van der Waals surface area contributed by atoms with E-state index in [4.69, 9.17) is 11.6 Å². The summed E-state index contributed by atoms with van der Waals surface area (Å²) < 4.78 is 27.4. The van der Waals surface area contributed by atoms with Crippen LogP contribution in [0.15, 0.2) is 33.6 Å². The van der Waals surface area contributed by atoms with Gasteiger partial charge in [-0.05, 0) is 36.6 Å². The Morgan fingerprint density at radius 2 is 2.00 bits per heavy atom.